The Hall–Kier alpha value is -2.90. The van der Waals surface area contributed by atoms with E-state index in [9.17, 15) is 14.9 Å². The van der Waals surface area contributed by atoms with Crippen molar-refractivity contribution in [3.63, 3.8) is 0 Å². The molecule has 8 heteroatoms. The molecule has 0 fully saturated rings. The summed E-state index contributed by atoms with van der Waals surface area (Å²) in [5.74, 6) is -0.738. The van der Waals surface area contributed by atoms with Crippen molar-refractivity contribution in [3.8, 4) is 0 Å². The van der Waals surface area contributed by atoms with Crippen molar-refractivity contribution >= 4 is 17.3 Å². The van der Waals surface area contributed by atoms with Gasteiger partial charge in [0.2, 0.25) is 0 Å². The summed E-state index contributed by atoms with van der Waals surface area (Å²) in [7, 11) is 3.02. The smallest absolute Gasteiger partial charge is 0.344 e. The number of nitrogens with zero attached hydrogens (tertiary/aromatic N) is 3. The summed E-state index contributed by atoms with van der Waals surface area (Å²) in [6.07, 6.45) is 3.61. The van der Waals surface area contributed by atoms with Crippen molar-refractivity contribution in [2.45, 2.75) is 19.9 Å². The Morgan fingerprint density at radius 1 is 1.48 bits per heavy atom. The molecule has 122 valence electrons. The van der Waals surface area contributed by atoms with Gasteiger partial charge in [0.1, 0.15) is 5.56 Å². The number of nitrogens with one attached hydrogen (secondary N) is 1. The van der Waals surface area contributed by atoms with E-state index in [1.807, 2.05) is 20.2 Å². The molecular formula is C15H18N4O4. The molecule has 1 aromatic heterocycles. The van der Waals surface area contributed by atoms with Gasteiger partial charge in [-0.15, -0.1) is 0 Å². The fourth-order valence-electron chi connectivity index (χ4n) is 2.37. The minimum Gasteiger partial charge on any atom is -0.465 e. The molecule has 0 aliphatic rings. The Morgan fingerprint density at radius 2 is 2.17 bits per heavy atom. The van der Waals surface area contributed by atoms with Crippen LogP contribution in [0.15, 0.2) is 24.5 Å². The number of anilines is 1. The molecule has 0 unspecified atom stereocenters. The molecule has 23 heavy (non-hydrogen) atoms. The Balaban J connectivity index is 2.38. The van der Waals surface area contributed by atoms with E-state index < -0.39 is 10.9 Å². The maximum absolute atomic E-state index is 11.8. The fourth-order valence-corrected chi connectivity index (χ4v) is 2.37. The quantitative estimate of drug-likeness (QED) is 0.517. The lowest BCUT2D eigenvalue weighted by Crippen LogP contribution is -2.11. The molecule has 0 spiro atoms. The number of hydrogen-bond acceptors (Lipinski definition) is 6. The highest BCUT2D eigenvalue weighted by atomic mass is 16.6. The van der Waals surface area contributed by atoms with Gasteiger partial charge in [-0.1, -0.05) is 0 Å². The zero-order valence-corrected chi connectivity index (χ0v) is 13.4. The molecule has 1 N–H and O–H groups in total. The number of rotatable bonds is 5. The van der Waals surface area contributed by atoms with E-state index in [4.69, 9.17) is 0 Å². The molecule has 2 aromatic rings. The van der Waals surface area contributed by atoms with Crippen LogP contribution < -0.4 is 5.32 Å². The number of aryl methyl sites for hydroxylation is 2. The lowest BCUT2D eigenvalue weighted by molar-refractivity contribution is -0.385. The normalized spacial score (nSPS) is 11.8. The highest BCUT2D eigenvalue weighted by Crippen LogP contribution is 2.30. The number of esters is 1. The Kier molecular flexibility index (Phi) is 4.63. The van der Waals surface area contributed by atoms with E-state index in [1.54, 1.807) is 23.9 Å². The molecule has 8 nitrogen and oxygen atoms in total. The van der Waals surface area contributed by atoms with E-state index in [2.05, 4.69) is 15.2 Å². The molecule has 0 aliphatic carbocycles. The summed E-state index contributed by atoms with van der Waals surface area (Å²) in [5.41, 5.74) is 1.64. The average Bonchev–Trinajstić information content (AvgIpc) is 2.92. The van der Waals surface area contributed by atoms with Crippen molar-refractivity contribution in [1.29, 1.82) is 0 Å². The topological polar surface area (TPSA) is 99.3 Å². The van der Waals surface area contributed by atoms with Gasteiger partial charge in [0.05, 0.1) is 24.3 Å². The molecule has 2 rings (SSSR count). The average molecular weight is 318 g/mol. The van der Waals surface area contributed by atoms with Crippen LogP contribution in [0, 0.1) is 17.0 Å². The number of carbonyl (C=O) groups is 1. The first kappa shape index (κ1) is 16.5. The van der Waals surface area contributed by atoms with E-state index in [0.717, 1.165) is 5.56 Å². The fraction of sp³-hybridized carbons (Fsp3) is 0.333. The number of nitro groups is 1. The first-order chi connectivity index (χ1) is 10.8. The lowest BCUT2D eigenvalue weighted by atomic mass is 10.1. The molecule has 1 heterocycles. The second-order valence-electron chi connectivity index (χ2n) is 5.25. The number of hydrogen-bond donors (Lipinski definition) is 1. The number of carbonyl (C=O) groups excluding carboxylic acids is 1. The summed E-state index contributed by atoms with van der Waals surface area (Å²) < 4.78 is 6.33. The molecule has 0 radical (unpaired) electrons. The monoisotopic (exact) mass is 318 g/mol. The van der Waals surface area contributed by atoms with Gasteiger partial charge in [0.15, 0.2) is 0 Å². The van der Waals surface area contributed by atoms with Crippen LogP contribution in [0.3, 0.4) is 0 Å². The van der Waals surface area contributed by atoms with Gasteiger partial charge in [-0.2, -0.15) is 5.10 Å². The minimum atomic E-state index is -0.738. The van der Waals surface area contributed by atoms with Crippen molar-refractivity contribution in [2.24, 2.45) is 7.05 Å². The number of benzene rings is 1. The molecule has 1 aromatic carbocycles. The van der Waals surface area contributed by atoms with Crippen molar-refractivity contribution in [1.82, 2.24) is 9.78 Å². The van der Waals surface area contributed by atoms with E-state index in [0.29, 0.717) is 11.3 Å². The third-order valence-electron chi connectivity index (χ3n) is 3.50. The first-order valence-electron chi connectivity index (χ1n) is 6.96. The number of methoxy groups -OCH3 is 1. The van der Waals surface area contributed by atoms with E-state index in [-0.39, 0.29) is 17.3 Å². The maximum Gasteiger partial charge on any atom is 0.344 e. The Bertz CT molecular complexity index is 754. The molecule has 0 aliphatic heterocycles. The van der Waals surface area contributed by atoms with Gasteiger partial charge in [0, 0.05) is 30.1 Å². The van der Waals surface area contributed by atoms with Gasteiger partial charge in [-0.05, 0) is 26.0 Å². The molecular weight excluding hydrogens is 300 g/mol. The predicted molar refractivity (Wildman–Crippen MR) is 84.4 cm³/mol. The molecule has 0 saturated carbocycles. The second-order valence-corrected chi connectivity index (χ2v) is 5.25. The summed E-state index contributed by atoms with van der Waals surface area (Å²) in [6.45, 7) is 3.52. The van der Waals surface area contributed by atoms with Crippen molar-refractivity contribution in [3.05, 3.63) is 51.3 Å². The second kappa shape index (κ2) is 6.47. The Morgan fingerprint density at radius 3 is 2.70 bits per heavy atom. The minimum absolute atomic E-state index is 0.0709. The van der Waals surface area contributed by atoms with Crippen LogP contribution in [-0.2, 0) is 11.8 Å². The summed E-state index contributed by atoms with van der Waals surface area (Å²) >= 11 is 0. The molecule has 0 bridgehead atoms. The van der Waals surface area contributed by atoms with Crippen LogP contribution in [0.2, 0.25) is 0 Å². The van der Waals surface area contributed by atoms with Crippen molar-refractivity contribution in [2.75, 3.05) is 12.4 Å². The summed E-state index contributed by atoms with van der Waals surface area (Å²) in [4.78, 5) is 22.4. The summed E-state index contributed by atoms with van der Waals surface area (Å²) in [6, 6.07) is 3.00. The predicted octanol–water partition coefficient (Wildman–Crippen LogP) is 2.60. The third-order valence-corrected chi connectivity index (χ3v) is 3.50. The number of ether oxygens (including phenoxy) is 1. The van der Waals surface area contributed by atoms with Crippen molar-refractivity contribution < 1.29 is 14.5 Å². The highest BCUT2D eigenvalue weighted by molar-refractivity contribution is 5.95. The number of aromatic nitrogens is 2. The molecule has 0 saturated heterocycles. The Labute approximate surface area is 133 Å². The van der Waals surface area contributed by atoms with Gasteiger partial charge in [0.25, 0.3) is 5.69 Å². The van der Waals surface area contributed by atoms with Crippen LogP contribution in [0.4, 0.5) is 11.4 Å². The van der Waals surface area contributed by atoms with Gasteiger partial charge in [-0.3, -0.25) is 14.8 Å². The lowest BCUT2D eigenvalue weighted by Gasteiger charge is -2.15. The third kappa shape index (κ3) is 3.47. The van der Waals surface area contributed by atoms with Crippen LogP contribution in [0.25, 0.3) is 0 Å². The highest BCUT2D eigenvalue weighted by Gasteiger charge is 2.25. The zero-order chi connectivity index (χ0) is 17.1. The van der Waals surface area contributed by atoms with Crippen LogP contribution in [0.1, 0.15) is 34.5 Å². The van der Waals surface area contributed by atoms with Crippen LogP contribution >= 0.6 is 0 Å². The first-order valence-corrected chi connectivity index (χ1v) is 6.96. The van der Waals surface area contributed by atoms with Gasteiger partial charge < -0.3 is 10.1 Å². The largest absolute Gasteiger partial charge is 0.465 e. The molecule has 1 atom stereocenters. The van der Waals surface area contributed by atoms with Gasteiger partial charge in [-0.25, -0.2) is 4.79 Å². The van der Waals surface area contributed by atoms with E-state index in [1.165, 1.54) is 13.2 Å². The van der Waals surface area contributed by atoms with Crippen LogP contribution in [-0.4, -0.2) is 27.8 Å². The SMILES string of the molecule is COC(=O)c1cc(N[C@H](C)c2cnn(C)c2)cc(C)c1[N+](=O)[O-]. The summed E-state index contributed by atoms with van der Waals surface area (Å²) in [5, 5.41) is 18.5. The zero-order valence-electron chi connectivity index (χ0n) is 13.4. The van der Waals surface area contributed by atoms with Crippen LogP contribution in [0.5, 0.6) is 0 Å². The molecule has 0 amide bonds. The maximum atomic E-state index is 11.8. The van der Waals surface area contributed by atoms with Gasteiger partial charge >= 0.3 is 5.97 Å². The number of nitro benzene ring substituents is 1. The standard InChI is InChI=1S/C15H18N4O4/c1-9-5-12(17-10(2)11-7-16-18(3)8-11)6-13(15(20)23-4)14(9)19(21)22/h5-8,10,17H,1-4H3/t10-/m1/s1. The van der Waals surface area contributed by atoms with E-state index >= 15 is 0 Å².